The van der Waals surface area contributed by atoms with Gasteiger partial charge >= 0.3 is 0 Å². The molecule has 2 aromatic carbocycles. The van der Waals surface area contributed by atoms with Gasteiger partial charge in [-0.3, -0.25) is 4.79 Å². The number of hydrogen-bond donors (Lipinski definition) is 2. The van der Waals surface area contributed by atoms with E-state index in [0.717, 1.165) is 0 Å². The van der Waals surface area contributed by atoms with Gasteiger partial charge in [0.05, 0.1) is 5.56 Å². The Bertz CT molecular complexity index is 661. The maximum absolute atomic E-state index is 11.3. The van der Waals surface area contributed by atoms with E-state index in [0.29, 0.717) is 15.6 Å². The molecule has 1 atom stereocenters. The number of carbonyl (C=O) groups excluding carboxylic acids is 1. The maximum Gasteiger partial charge on any atom is 0.252 e. The topological polar surface area (TPSA) is 72.6 Å². The Morgan fingerprint density at radius 1 is 1.24 bits per heavy atom. The quantitative estimate of drug-likeness (QED) is 0.886. The van der Waals surface area contributed by atoms with Crippen molar-refractivity contribution in [3.63, 3.8) is 0 Å². The number of halogens is 2. The first kappa shape index (κ1) is 15.6. The highest BCUT2D eigenvalue weighted by Gasteiger charge is 2.15. The average Bonchev–Trinajstić information content (AvgIpc) is 2.45. The summed E-state index contributed by atoms with van der Waals surface area (Å²) in [5.41, 5.74) is 6.00. The van der Waals surface area contributed by atoms with Gasteiger partial charge in [-0.05, 0) is 24.3 Å². The molecule has 0 spiro atoms. The van der Waals surface area contributed by atoms with Gasteiger partial charge in [-0.2, -0.15) is 0 Å². The number of rotatable bonds is 5. The highest BCUT2D eigenvalue weighted by atomic mass is 35.5. The molecule has 2 aromatic rings. The zero-order valence-electron chi connectivity index (χ0n) is 10.9. The third-order valence-corrected chi connectivity index (χ3v) is 3.45. The molecular formula is C15H13Cl2NO3. The Kier molecular flexibility index (Phi) is 5.07. The van der Waals surface area contributed by atoms with E-state index in [1.54, 1.807) is 30.3 Å². The van der Waals surface area contributed by atoms with Crippen LogP contribution in [0.4, 0.5) is 0 Å². The SMILES string of the molecule is NC(=O)c1ccc(Cl)cc1OCC(O)c1ccccc1Cl. The molecule has 21 heavy (non-hydrogen) atoms. The van der Waals surface area contributed by atoms with Crippen LogP contribution in [0.3, 0.4) is 0 Å². The molecule has 1 amide bonds. The molecule has 0 heterocycles. The molecule has 0 aliphatic rings. The summed E-state index contributed by atoms with van der Waals surface area (Å²) in [6, 6.07) is 11.4. The largest absolute Gasteiger partial charge is 0.490 e. The molecule has 0 saturated carbocycles. The minimum atomic E-state index is -0.932. The van der Waals surface area contributed by atoms with Gasteiger partial charge in [-0.15, -0.1) is 0 Å². The van der Waals surface area contributed by atoms with E-state index in [-0.39, 0.29) is 17.9 Å². The first-order valence-electron chi connectivity index (χ1n) is 6.13. The molecule has 2 rings (SSSR count). The van der Waals surface area contributed by atoms with Gasteiger partial charge in [0.15, 0.2) is 0 Å². The monoisotopic (exact) mass is 325 g/mol. The van der Waals surface area contributed by atoms with Gasteiger partial charge in [0.25, 0.3) is 5.91 Å². The number of primary amides is 1. The smallest absolute Gasteiger partial charge is 0.252 e. The van der Waals surface area contributed by atoms with Crippen molar-refractivity contribution in [1.29, 1.82) is 0 Å². The van der Waals surface area contributed by atoms with Crippen LogP contribution in [0.1, 0.15) is 22.0 Å². The predicted molar refractivity (Wildman–Crippen MR) is 81.9 cm³/mol. The average molecular weight is 326 g/mol. The number of nitrogens with two attached hydrogens (primary N) is 1. The van der Waals surface area contributed by atoms with Crippen LogP contribution in [-0.2, 0) is 0 Å². The summed E-state index contributed by atoms with van der Waals surface area (Å²) in [5, 5.41) is 10.9. The summed E-state index contributed by atoms with van der Waals surface area (Å²) >= 11 is 11.9. The molecule has 0 fully saturated rings. The predicted octanol–water partition coefficient (Wildman–Crippen LogP) is 3.20. The summed E-state index contributed by atoms with van der Waals surface area (Å²) in [7, 11) is 0. The molecule has 110 valence electrons. The molecule has 0 radical (unpaired) electrons. The molecule has 4 nitrogen and oxygen atoms in total. The number of aliphatic hydroxyl groups excluding tert-OH is 1. The summed E-state index contributed by atoms with van der Waals surface area (Å²) in [4.78, 5) is 11.3. The Morgan fingerprint density at radius 2 is 1.95 bits per heavy atom. The number of aliphatic hydroxyl groups is 1. The minimum absolute atomic E-state index is 0.0790. The third-order valence-electron chi connectivity index (χ3n) is 2.87. The van der Waals surface area contributed by atoms with Crippen molar-refractivity contribution < 1.29 is 14.6 Å². The summed E-state index contributed by atoms with van der Waals surface area (Å²) in [6.45, 7) is -0.0790. The standard InChI is InChI=1S/C15H13Cl2NO3/c16-9-5-6-11(15(18)20)14(7-9)21-8-13(19)10-3-1-2-4-12(10)17/h1-7,13,19H,8H2,(H2,18,20). The first-order chi connectivity index (χ1) is 9.99. The van der Waals surface area contributed by atoms with Gasteiger partial charge in [0.2, 0.25) is 0 Å². The molecule has 3 N–H and O–H groups in total. The van der Waals surface area contributed by atoms with Crippen molar-refractivity contribution >= 4 is 29.1 Å². The van der Waals surface area contributed by atoms with E-state index in [4.69, 9.17) is 33.7 Å². The molecular weight excluding hydrogens is 313 g/mol. The number of benzene rings is 2. The normalized spacial score (nSPS) is 12.0. The molecule has 0 aromatic heterocycles. The number of carbonyl (C=O) groups is 1. The number of amides is 1. The fourth-order valence-electron chi connectivity index (χ4n) is 1.82. The molecule has 0 aliphatic carbocycles. The van der Waals surface area contributed by atoms with Crippen LogP contribution in [0.15, 0.2) is 42.5 Å². The van der Waals surface area contributed by atoms with Crippen molar-refractivity contribution in [2.75, 3.05) is 6.61 Å². The Labute approximate surface area is 132 Å². The Morgan fingerprint density at radius 3 is 2.62 bits per heavy atom. The van der Waals surface area contributed by atoms with E-state index in [1.165, 1.54) is 12.1 Å². The van der Waals surface area contributed by atoms with Crippen molar-refractivity contribution in [2.45, 2.75) is 6.10 Å². The molecule has 1 unspecified atom stereocenters. The zero-order chi connectivity index (χ0) is 15.4. The summed E-state index contributed by atoms with van der Waals surface area (Å²) < 4.78 is 5.46. The molecule has 0 bridgehead atoms. The highest BCUT2D eigenvalue weighted by molar-refractivity contribution is 6.31. The van der Waals surface area contributed by atoms with Gasteiger partial charge in [0.1, 0.15) is 18.5 Å². The van der Waals surface area contributed by atoms with Crippen LogP contribution < -0.4 is 10.5 Å². The van der Waals surface area contributed by atoms with E-state index < -0.39 is 12.0 Å². The molecule has 6 heteroatoms. The lowest BCUT2D eigenvalue weighted by Gasteiger charge is -2.15. The van der Waals surface area contributed by atoms with E-state index in [1.807, 2.05) is 0 Å². The van der Waals surface area contributed by atoms with Crippen molar-refractivity contribution in [3.8, 4) is 5.75 Å². The van der Waals surface area contributed by atoms with Crippen LogP contribution in [0.5, 0.6) is 5.75 Å². The maximum atomic E-state index is 11.3. The lowest BCUT2D eigenvalue weighted by Crippen LogP contribution is -2.15. The second kappa shape index (κ2) is 6.80. The van der Waals surface area contributed by atoms with Crippen LogP contribution >= 0.6 is 23.2 Å². The second-order valence-electron chi connectivity index (χ2n) is 4.35. The first-order valence-corrected chi connectivity index (χ1v) is 6.89. The van der Waals surface area contributed by atoms with Crippen LogP contribution in [0, 0.1) is 0 Å². The fourth-order valence-corrected chi connectivity index (χ4v) is 2.25. The van der Waals surface area contributed by atoms with Gasteiger partial charge in [-0.25, -0.2) is 0 Å². The Hall–Kier alpha value is -1.75. The lowest BCUT2D eigenvalue weighted by molar-refractivity contribution is 0.0967. The Balaban J connectivity index is 2.15. The van der Waals surface area contributed by atoms with Gasteiger partial charge in [0, 0.05) is 15.6 Å². The highest BCUT2D eigenvalue weighted by Crippen LogP contribution is 2.26. The van der Waals surface area contributed by atoms with E-state index >= 15 is 0 Å². The zero-order valence-corrected chi connectivity index (χ0v) is 12.4. The van der Waals surface area contributed by atoms with Crippen LogP contribution in [0.2, 0.25) is 10.0 Å². The van der Waals surface area contributed by atoms with Crippen LogP contribution in [-0.4, -0.2) is 17.6 Å². The number of ether oxygens (including phenoxy) is 1. The van der Waals surface area contributed by atoms with E-state index in [9.17, 15) is 9.90 Å². The van der Waals surface area contributed by atoms with Gasteiger partial charge < -0.3 is 15.6 Å². The van der Waals surface area contributed by atoms with Crippen molar-refractivity contribution in [1.82, 2.24) is 0 Å². The fraction of sp³-hybridized carbons (Fsp3) is 0.133. The van der Waals surface area contributed by atoms with Crippen molar-refractivity contribution in [3.05, 3.63) is 63.6 Å². The number of hydrogen-bond acceptors (Lipinski definition) is 3. The lowest BCUT2D eigenvalue weighted by atomic mass is 10.1. The van der Waals surface area contributed by atoms with Crippen molar-refractivity contribution in [2.24, 2.45) is 5.73 Å². The molecule has 0 aliphatic heterocycles. The molecule has 0 saturated heterocycles. The van der Waals surface area contributed by atoms with Crippen LogP contribution in [0.25, 0.3) is 0 Å². The second-order valence-corrected chi connectivity index (χ2v) is 5.20. The summed E-state index contributed by atoms with van der Waals surface area (Å²) in [6.07, 6.45) is -0.932. The minimum Gasteiger partial charge on any atom is -0.490 e. The third kappa shape index (κ3) is 3.88. The van der Waals surface area contributed by atoms with E-state index in [2.05, 4.69) is 0 Å². The summed E-state index contributed by atoms with van der Waals surface area (Å²) in [5.74, 6) is -0.407. The van der Waals surface area contributed by atoms with Gasteiger partial charge in [-0.1, -0.05) is 41.4 Å².